The van der Waals surface area contributed by atoms with Gasteiger partial charge in [0.15, 0.2) is 0 Å². The molecule has 0 fully saturated rings. The summed E-state index contributed by atoms with van der Waals surface area (Å²) in [5.74, 6) is 0.480. The van der Waals surface area contributed by atoms with Crippen molar-refractivity contribution in [3.8, 4) is 28.3 Å². The van der Waals surface area contributed by atoms with E-state index < -0.39 is 0 Å². The minimum atomic E-state index is -0.289. The van der Waals surface area contributed by atoms with Gasteiger partial charge in [0.05, 0.1) is 25.1 Å². The molecule has 0 radical (unpaired) electrons. The van der Waals surface area contributed by atoms with Crippen LogP contribution in [0.1, 0.15) is 5.56 Å². The van der Waals surface area contributed by atoms with Crippen molar-refractivity contribution in [1.29, 1.82) is 0 Å². The molecule has 2 aromatic carbocycles. The van der Waals surface area contributed by atoms with E-state index in [0.29, 0.717) is 5.69 Å². The van der Waals surface area contributed by atoms with E-state index in [9.17, 15) is 9.50 Å². The highest BCUT2D eigenvalue weighted by Crippen LogP contribution is 2.26. The molecule has 3 aromatic rings. The lowest BCUT2D eigenvalue weighted by Crippen LogP contribution is -1.93. The predicted molar refractivity (Wildman–Crippen MR) is 87.5 cm³/mol. The van der Waals surface area contributed by atoms with Crippen LogP contribution in [-0.4, -0.2) is 17.2 Å². The van der Waals surface area contributed by atoms with Crippen LogP contribution in [0.4, 0.5) is 4.39 Å². The van der Waals surface area contributed by atoms with E-state index in [1.54, 1.807) is 25.3 Å². The van der Waals surface area contributed by atoms with Crippen molar-refractivity contribution in [1.82, 2.24) is 4.98 Å². The van der Waals surface area contributed by atoms with Crippen LogP contribution in [0.15, 0.2) is 60.7 Å². The van der Waals surface area contributed by atoms with Gasteiger partial charge in [0, 0.05) is 11.1 Å². The number of nitrogens with zero attached hydrogens (tertiary/aromatic N) is 1. The first kappa shape index (κ1) is 15.2. The Morgan fingerprint density at radius 1 is 0.913 bits per heavy atom. The molecule has 3 rings (SSSR count). The summed E-state index contributed by atoms with van der Waals surface area (Å²) in [4.78, 5) is 4.63. The third-order valence-corrected chi connectivity index (χ3v) is 3.59. The number of aromatic nitrogens is 1. The maximum Gasteiger partial charge on any atom is 0.123 e. The summed E-state index contributed by atoms with van der Waals surface area (Å²) < 4.78 is 18.2. The number of ether oxygens (including phenoxy) is 1. The van der Waals surface area contributed by atoms with Crippen molar-refractivity contribution in [2.75, 3.05) is 7.11 Å². The van der Waals surface area contributed by atoms with Gasteiger partial charge in [0.25, 0.3) is 0 Å². The van der Waals surface area contributed by atoms with E-state index in [2.05, 4.69) is 4.98 Å². The van der Waals surface area contributed by atoms with Gasteiger partial charge in [-0.2, -0.15) is 0 Å². The molecule has 0 unspecified atom stereocenters. The van der Waals surface area contributed by atoms with Crippen LogP contribution in [0.2, 0.25) is 0 Å². The zero-order chi connectivity index (χ0) is 16.2. The molecule has 4 heteroatoms. The van der Waals surface area contributed by atoms with Gasteiger partial charge < -0.3 is 9.84 Å². The number of methoxy groups -OCH3 is 1. The van der Waals surface area contributed by atoms with Crippen molar-refractivity contribution in [3.05, 3.63) is 72.0 Å². The molecule has 3 nitrogen and oxygen atoms in total. The summed E-state index contributed by atoms with van der Waals surface area (Å²) in [5, 5.41) is 9.50. The number of pyridine rings is 1. The van der Waals surface area contributed by atoms with E-state index >= 15 is 0 Å². The van der Waals surface area contributed by atoms with Gasteiger partial charge in [-0.3, -0.25) is 0 Å². The van der Waals surface area contributed by atoms with Crippen LogP contribution in [-0.2, 0) is 6.61 Å². The van der Waals surface area contributed by atoms with Crippen LogP contribution >= 0.6 is 0 Å². The molecule has 0 spiro atoms. The number of aliphatic hydroxyl groups excluding tert-OH is 1. The molecule has 0 amide bonds. The number of rotatable bonds is 4. The maximum atomic E-state index is 13.1. The lowest BCUT2D eigenvalue weighted by atomic mass is 10.0. The second-order valence-electron chi connectivity index (χ2n) is 5.14. The highest BCUT2D eigenvalue weighted by molar-refractivity contribution is 5.67. The van der Waals surface area contributed by atoms with Crippen molar-refractivity contribution in [2.24, 2.45) is 0 Å². The minimum absolute atomic E-state index is 0.0835. The van der Waals surface area contributed by atoms with Crippen molar-refractivity contribution in [3.63, 3.8) is 0 Å². The average molecular weight is 309 g/mol. The van der Waals surface area contributed by atoms with E-state index in [0.717, 1.165) is 28.1 Å². The quantitative estimate of drug-likeness (QED) is 0.790. The Labute approximate surface area is 134 Å². The second-order valence-corrected chi connectivity index (χ2v) is 5.14. The number of halogens is 1. The van der Waals surface area contributed by atoms with E-state index in [-0.39, 0.29) is 12.4 Å². The molecule has 0 saturated heterocycles. The molecular formula is C19H16FNO2. The molecule has 116 valence electrons. The Morgan fingerprint density at radius 2 is 1.43 bits per heavy atom. The Balaban J connectivity index is 2.06. The molecule has 0 aliphatic rings. The monoisotopic (exact) mass is 309 g/mol. The Hall–Kier alpha value is -2.72. The molecule has 0 aliphatic heterocycles. The van der Waals surface area contributed by atoms with Crippen LogP contribution in [0.25, 0.3) is 22.5 Å². The lowest BCUT2D eigenvalue weighted by molar-refractivity contribution is 0.282. The van der Waals surface area contributed by atoms with Gasteiger partial charge in [-0.15, -0.1) is 0 Å². The fourth-order valence-corrected chi connectivity index (χ4v) is 2.36. The first-order chi connectivity index (χ1) is 11.2. The Bertz CT molecular complexity index is 799. The third-order valence-electron chi connectivity index (χ3n) is 3.59. The summed E-state index contributed by atoms with van der Waals surface area (Å²) in [6, 6.07) is 17.3. The molecule has 1 heterocycles. The Morgan fingerprint density at radius 3 is 1.91 bits per heavy atom. The summed E-state index contributed by atoms with van der Waals surface area (Å²) in [6.07, 6.45) is 0. The zero-order valence-corrected chi connectivity index (χ0v) is 12.7. The molecule has 0 bridgehead atoms. The summed E-state index contributed by atoms with van der Waals surface area (Å²) in [7, 11) is 1.62. The zero-order valence-electron chi connectivity index (χ0n) is 12.7. The molecule has 1 N–H and O–H groups in total. The topological polar surface area (TPSA) is 42.4 Å². The predicted octanol–water partition coefficient (Wildman–Crippen LogP) is 4.06. The molecule has 1 aromatic heterocycles. The van der Waals surface area contributed by atoms with Gasteiger partial charge in [-0.1, -0.05) is 0 Å². The smallest absolute Gasteiger partial charge is 0.123 e. The van der Waals surface area contributed by atoms with Crippen LogP contribution in [0.3, 0.4) is 0 Å². The van der Waals surface area contributed by atoms with Crippen molar-refractivity contribution >= 4 is 0 Å². The fraction of sp³-hybridized carbons (Fsp3) is 0.105. The molecular weight excluding hydrogens is 293 g/mol. The minimum Gasteiger partial charge on any atom is -0.497 e. The molecule has 23 heavy (non-hydrogen) atoms. The fourth-order valence-electron chi connectivity index (χ4n) is 2.36. The standard InChI is InChI=1S/C19H16FNO2/c1-23-17-8-4-15(5-9-17)19-11-13(12-22)10-18(21-19)14-2-6-16(20)7-3-14/h2-11,22H,12H2,1H3. The van der Waals surface area contributed by atoms with E-state index in [4.69, 9.17) is 4.74 Å². The van der Waals surface area contributed by atoms with Crippen molar-refractivity contribution < 1.29 is 14.2 Å². The number of hydrogen-bond donors (Lipinski definition) is 1. The normalized spacial score (nSPS) is 10.6. The van der Waals surface area contributed by atoms with E-state index in [1.165, 1.54) is 12.1 Å². The first-order valence-corrected chi connectivity index (χ1v) is 7.22. The van der Waals surface area contributed by atoms with Gasteiger partial charge in [-0.05, 0) is 66.2 Å². The number of aliphatic hydroxyl groups is 1. The molecule has 0 atom stereocenters. The number of benzene rings is 2. The summed E-state index contributed by atoms with van der Waals surface area (Å²) in [6.45, 7) is -0.0835. The van der Waals surface area contributed by atoms with Crippen LogP contribution < -0.4 is 4.74 Å². The SMILES string of the molecule is COc1ccc(-c2cc(CO)cc(-c3ccc(F)cc3)n2)cc1. The summed E-state index contributed by atoms with van der Waals surface area (Å²) in [5.41, 5.74) is 3.92. The first-order valence-electron chi connectivity index (χ1n) is 7.22. The molecule has 0 aliphatic carbocycles. The van der Waals surface area contributed by atoms with Gasteiger partial charge in [-0.25, -0.2) is 9.37 Å². The van der Waals surface area contributed by atoms with Gasteiger partial charge in [0.2, 0.25) is 0 Å². The Kier molecular flexibility index (Phi) is 4.35. The van der Waals surface area contributed by atoms with Crippen LogP contribution in [0, 0.1) is 5.82 Å². The number of hydrogen-bond acceptors (Lipinski definition) is 3. The lowest BCUT2D eigenvalue weighted by Gasteiger charge is -2.09. The van der Waals surface area contributed by atoms with Gasteiger partial charge in [0.1, 0.15) is 11.6 Å². The second kappa shape index (κ2) is 6.58. The van der Waals surface area contributed by atoms with Crippen molar-refractivity contribution in [2.45, 2.75) is 6.61 Å². The highest BCUT2D eigenvalue weighted by Gasteiger charge is 2.07. The molecule has 0 saturated carbocycles. The van der Waals surface area contributed by atoms with E-state index in [1.807, 2.05) is 30.3 Å². The average Bonchev–Trinajstić information content (AvgIpc) is 2.62. The van der Waals surface area contributed by atoms with Crippen LogP contribution in [0.5, 0.6) is 5.75 Å². The highest BCUT2D eigenvalue weighted by atomic mass is 19.1. The third kappa shape index (κ3) is 3.38. The van der Waals surface area contributed by atoms with Gasteiger partial charge >= 0.3 is 0 Å². The summed E-state index contributed by atoms with van der Waals surface area (Å²) >= 11 is 0. The maximum absolute atomic E-state index is 13.1. The largest absolute Gasteiger partial charge is 0.497 e.